The van der Waals surface area contributed by atoms with Crippen LogP contribution in [0.5, 0.6) is 0 Å². The fourth-order valence-corrected chi connectivity index (χ4v) is 2.14. The molecule has 1 atom stereocenters. The maximum absolute atomic E-state index is 11.2. The van der Waals surface area contributed by atoms with Crippen LogP contribution in [0.15, 0.2) is 12.3 Å². The van der Waals surface area contributed by atoms with Crippen LogP contribution in [0.1, 0.15) is 27.2 Å². The summed E-state index contributed by atoms with van der Waals surface area (Å²) in [4.78, 5) is 13.0. The Balaban J connectivity index is 4.68. The van der Waals surface area contributed by atoms with Gasteiger partial charge in [0.25, 0.3) is 0 Å². The highest BCUT2D eigenvalue weighted by atomic mass is 32.2. The monoisotopic (exact) mass is 231 g/mol. The molecule has 0 radical (unpaired) electrons. The summed E-state index contributed by atoms with van der Waals surface area (Å²) in [5.41, 5.74) is 0.818. The molecule has 0 aromatic heterocycles. The minimum atomic E-state index is -0.763. The second kappa shape index (κ2) is 6.77. The van der Waals surface area contributed by atoms with Crippen LogP contribution < -0.4 is 0 Å². The summed E-state index contributed by atoms with van der Waals surface area (Å²) >= 11 is 1.67. The van der Waals surface area contributed by atoms with E-state index in [4.69, 9.17) is 0 Å². The molecule has 0 fully saturated rings. The van der Waals surface area contributed by atoms with Gasteiger partial charge in [0.05, 0.1) is 0 Å². The maximum atomic E-state index is 11.2. The molecular weight excluding hydrogens is 210 g/mol. The molecule has 0 aromatic rings. The number of carbonyl (C=O) groups is 1. The van der Waals surface area contributed by atoms with Crippen LogP contribution in [0, 0.1) is 0 Å². The molecule has 1 unspecified atom stereocenters. The van der Waals surface area contributed by atoms with Gasteiger partial charge in [0.15, 0.2) is 0 Å². The van der Waals surface area contributed by atoms with E-state index in [-0.39, 0.29) is 6.04 Å². The number of hydrogen-bond donors (Lipinski definition) is 1. The van der Waals surface area contributed by atoms with E-state index < -0.39 is 12.0 Å². The summed E-state index contributed by atoms with van der Waals surface area (Å²) in [5.74, 6) is 0.0914. The first-order chi connectivity index (χ1) is 6.91. The Bertz CT molecular complexity index is 229. The van der Waals surface area contributed by atoms with Crippen molar-refractivity contribution in [3.05, 3.63) is 12.3 Å². The predicted octanol–water partition coefficient (Wildman–Crippen LogP) is 2.44. The summed E-state index contributed by atoms with van der Waals surface area (Å²) in [5, 5.41) is 9.18. The quantitative estimate of drug-likeness (QED) is 0.730. The standard InChI is InChI=1S/C11H21NO2S/c1-8(2)12(9(3)4)10(11(13)14)6-7-15-5/h9-10H,1,6-7H2,2-5H3,(H,13,14). The van der Waals surface area contributed by atoms with Crippen molar-refractivity contribution in [2.75, 3.05) is 12.0 Å². The van der Waals surface area contributed by atoms with Gasteiger partial charge in [-0.2, -0.15) is 11.8 Å². The molecule has 0 heterocycles. The van der Waals surface area contributed by atoms with E-state index in [2.05, 4.69) is 6.58 Å². The minimum Gasteiger partial charge on any atom is -0.480 e. The first kappa shape index (κ1) is 14.4. The topological polar surface area (TPSA) is 40.5 Å². The van der Waals surface area contributed by atoms with Crippen molar-refractivity contribution >= 4 is 17.7 Å². The third kappa shape index (κ3) is 4.60. The fourth-order valence-electron chi connectivity index (χ4n) is 1.68. The van der Waals surface area contributed by atoms with Crippen molar-refractivity contribution in [2.45, 2.75) is 39.3 Å². The number of allylic oxidation sites excluding steroid dienone is 1. The SMILES string of the molecule is C=C(C)N(C(C)C)C(CCSC)C(=O)O. The zero-order valence-electron chi connectivity index (χ0n) is 9.99. The molecule has 0 aromatic carbocycles. The number of rotatable bonds is 7. The molecule has 0 spiro atoms. The van der Waals surface area contributed by atoms with Gasteiger partial charge in [-0.3, -0.25) is 0 Å². The van der Waals surface area contributed by atoms with Crippen LogP contribution >= 0.6 is 11.8 Å². The van der Waals surface area contributed by atoms with Gasteiger partial charge in [-0.25, -0.2) is 4.79 Å². The molecule has 4 heteroatoms. The second-order valence-electron chi connectivity index (χ2n) is 3.87. The average molecular weight is 231 g/mol. The van der Waals surface area contributed by atoms with Gasteiger partial charge in [0.1, 0.15) is 6.04 Å². The Morgan fingerprint density at radius 2 is 2.07 bits per heavy atom. The molecule has 0 aliphatic rings. The van der Waals surface area contributed by atoms with Crippen LogP contribution in [0.4, 0.5) is 0 Å². The van der Waals surface area contributed by atoms with Crippen LogP contribution in [0.3, 0.4) is 0 Å². The second-order valence-corrected chi connectivity index (χ2v) is 4.86. The van der Waals surface area contributed by atoms with Gasteiger partial charge < -0.3 is 10.0 Å². The summed E-state index contributed by atoms with van der Waals surface area (Å²) in [6.45, 7) is 9.68. The lowest BCUT2D eigenvalue weighted by Gasteiger charge is -2.34. The molecule has 0 amide bonds. The highest BCUT2D eigenvalue weighted by Crippen LogP contribution is 2.17. The van der Waals surface area contributed by atoms with Gasteiger partial charge in [-0.1, -0.05) is 6.58 Å². The van der Waals surface area contributed by atoms with Crippen molar-refractivity contribution in [3.63, 3.8) is 0 Å². The Kier molecular flexibility index (Phi) is 6.48. The van der Waals surface area contributed by atoms with E-state index in [1.165, 1.54) is 0 Å². The third-order valence-electron chi connectivity index (χ3n) is 2.21. The maximum Gasteiger partial charge on any atom is 0.326 e. The van der Waals surface area contributed by atoms with E-state index >= 15 is 0 Å². The molecule has 15 heavy (non-hydrogen) atoms. The summed E-state index contributed by atoms with van der Waals surface area (Å²) in [7, 11) is 0. The number of nitrogens with zero attached hydrogens (tertiary/aromatic N) is 1. The number of hydrogen-bond acceptors (Lipinski definition) is 3. The van der Waals surface area contributed by atoms with E-state index in [1.54, 1.807) is 11.8 Å². The molecule has 0 bridgehead atoms. The van der Waals surface area contributed by atoms with E-state index in [9.17, 15) is 9.90 Å². The van der Waals surface area contributed by atoms with Crippen LogP contribution in [0.2, 0.25) is 0 Å². The summed E-state index contributed by atoms with van der Waals surface area (Å²) < 4.78 is 0. The fraction of sp³-hybridized carbons (Fsp3) is 0.727. The minimum absolute atomic E-state index is 0.172. The molecule has 3 nitrogen and oxygen atoms in total. The Hall–Kier alpha value is -0.640. The van der Waals surface area contributed by atoms with E-state index in [0.717, 1.165) is 11.4 Å². The normalized spacial score (nSPS) is 12.6. The molecule has 0 saturated heterocycles. The first-order valence-electron chi connectivity index (χ1n) is 5.07. The highest BCUT2D eigenvalue weighted by molar-refractivity contribution is 7.98. The molecule has 0 saturated carbocycles. The van der Waals surface area contributed by atoms with Crippen molar-refractivity contribution in [1.82, 2.24) is 4.90 Å². The van der Waals surface area contributed by atoms with Crippen LogP contribution in [-0.4, -0.2) is 40.1 Å². The predicted molar refractivity (Wildman–Crippen MR) is 66.2 cm³/mol. The Morgan fingerprint density at radius 1 is 1.53 bits per heavy atom. The number of carboxylic acids is 1. The van der Waals surface area contributed by atoms with Crippen LogP contribution in [-0.2, 0) is 4.79 Å². The summed E-state index contributed by atoms with van der Waals surface area (Å²) in [6, 6.07) is -0.277. The molecule has 0 aliphatic carbocycles. The summed E-state index contributed by atoms with van der Waals surface area (Å²) in [6.07, 6.45) is 2.64. The molecule has 88 valence electrons. The number of carboxylic acid groups (broad SMARTS) is 1. The third-order valence-corrected chi connectivity index (χ3v) is 2.86. The van der Waals surface area contributed by atoms with Gasteiger partial charge in [0.2, 0.25) is 0 Å². The van der Waals surface area contributed by atoms with Crippen LogP contribution in [0.25, 0.3) is 0 Å². The molecule has 0 rings (SSSR count). The van der Waals surface area contributed by atoms with Gasteiger partial charge >= 0.3 is 5.97 Å². The van der Waals surface area contributed by atoms with E-state index in [0.29, 0.717) is 6.42 Å². The first-order valence-corrected chi connectivity index (χ1v) is 6.46. The number of thioether (sulfide) groups is 1. The Morgan fingerprint density at radius 3 is 2.33 bits per heavy atom. The highest BCUT2D eigenvalue weighted by Gasteiger charge is 2.26. The number of aliphatic carboxylic acids is 1. The molecule has 1 N–H and O–H groups in total. The molecular formula is C11H21NO2S. The average Bonchev–Trinajstić information content (AvgIpc) is 2.09. The van der Waals surface area contributed by atoms with Gasteiger partial charge in [-0.15, -0.1) is 0 Å². The Labute approximate surface area is 96.5 Å². The lowest BCUT2D eigenvalue weighted by Crippen LogP contribution is -2.44. The zero-order valence-corrected chi connectivity index (χ0v) is 10.8. The van der Waals surface area contributed by atoms with Crippen molar-refractivity contribution in [3.8, 4) is 0 Å². The smallest absolute Gasteiger partial charge is 0.326 e. The van der Waals surface area contributed by atoms with Crippen molar-refractivity contribution in [2.24, 2.45) is 0 Å². The van der Waals surface area contributed by atoms with Gasteiger partial charge in [-0.05, 0) is 39.2 Å². The van der Waals surface area contributed by atoms with Crippen molar-refractivity contribution in [1.29, 1.82) is 0 Å². The van der Waals surface area contributed by atoms with Gasteiger partial charge in [0, 0.05) is 11.7 Å². The zero-order chi connectivity index (χ0) is 12.0. The lowest BCUT2D eigenvalue weighted by atomic mass is 10.1. The largest absolute Gasteiger partial charge is 0.480 e. The van der Waals surface area contributed by atoms with Crippen molar-refractivity contribution < 1.29 is 9.90 Å². The lowest BCUT2D eigenvalue weighted by molar-refractivity contribution is -0.143. The van der Waals surface area contributed by atoms with E-state index in [1.807, 2.05) is 31.9 Å². The molecule has 0 aliphatic heterocycles.